The first kappa shape index (κ1) is 31.0. The quantitative estimate of drug-likeness (QED) is 0.278. The van der Waals surface area contributed by atoms with Crippen LogP contribution in [-0.2, 0) is 25.6 Å². The minimum Gasteiger partial charge on any atom is -0.488 e. The summed E-state index contributed by atoms with van der Waals surface area (Å²) >= 11 is 0. The Kier molecular flexibility index (Phi) is 9.15. The van der Waals surface area contributed by atoms with Crippen LogP contribution in [-0.4, -0.2) is 102 Å². The summed E-state index contributed by atoms with van der Waals surface area (Å²) in [7, 11) is -1.31. The van der Waals surface area contributed by atoms with Crippen LogP contribution in [0.15, 0.2) is 18.2 Å². The zero-order valence-corrected chi connectivity index (χ0v) is 26.0. The molecule has 0 radical (unpaired) electrons. The van der Waals surface area contributed by atoms with Gasteiger partial charge >= 0.3 is 6.09 Å². The van der Waals surface area contributed by atoms with E-state index in [1.165, 1.54) is 9.80 Å². The van der Waals surface area contributed by atoms with E-state index in [2.05, 4.69) is 19.6 Å². The topological polar surface area (TPSA) is 126 Å². The lowest BCUT2D eigenvalue weighted by atomic mass is 10.0. The molecule has 0 saturated carbocycles. The van der Waals surface area contributed by atoms with Crippen molar-refractivity contribution >= 4 is 31.9 Å². The Hall–Kier alpha value is -2.96. The molecule has 0 aliphatic carbocycles. The summed E-state index contributed by atoms with van der Waals surface area (Å²) in [6.07, 6.45) is -0.936. The monoisotopic (exact) mass is 589 g/mol. The van der Waals surface area contributed by atoms with Gasteiger partial charge in [-0.1, -0.05) is 19.6 Å². The molecule has 4 rings (SSSR count). The van der Waals surface area contributed by atoms with Crippen molar-refractivity contribution in [3.8, 4) is 5.75 Å². The van der Waals surface area contributed by atoms with Gasteiger partial charge in [0.1, 0.15) is 30.2 Å². The Labute approximate surface area is 242 Å². The molecule has 3 aliphatic heterocycles. The molecule has 41 heavy (non-hydrogen) atoms. The van der Waals surface area contributed by atoms with Crippen LogP contribution in [0.5, 0.6) is 5.75 Å². The molecule has 11 nitrogen and oxygen atoms in total. The number of aliphatic hydroxyl groups is 1. The van der Waals surface area contributed by atoms with E-state index >= 15 is 0 Å². The standard InChI is InChI=1S/C29H43N3O8Si/c1-29(2,3)40-28(37)30-16-20(33)14-22(17-30)39-21-7-8-23-19(13-21)15-31(26(23)35)24-9-10-25(34)32(27(24)36)18-38-11-12-41(4,5)6/h7-8,13,20,22,24,33H,9-12,14-18H2,1-6H3/t20-,22+,24+/m0/s1. The van der Waals surface area contributed by atoms with Gasteiger partial charge in [0.2, 0.25) is 5.91 Å². The van der Waals surface area contributed by atoms with Gasteiger partial charge < -0.3 is 29.1 Å². The van der Waals surface area contributed by atoms with Crippen molar-refractivity contribution in [2.75, 3.05) is 26.4 Å². The second kappa shape index (κ2) is 12.1. The SMILES string of the molecule is CC(C)(C)OC(=O)N1C[C@@H](O)C[C@@H](Oc2ccc3c(c2)CN([C@@H]2CCC(=O)N(COCC[Si](C)(C)C)C2=O)C3=O)C1. The molecule has 3 heterocycles. The lowest BCUT2D eigenvalue weighted by Crippen LogP contribution is -2.55. The minimum atomic E-state index is -1.31. The molecule has 1 aromatic rings. The van der Waals surface area contributed by atoms with Crippen LogP contribution in [0.25, 0.3) is 0 Å². The molecule has 3 aliphatic rings. The summed E-state index contributed by atoms with van der Waals surface area (Å²) in [6.45, 7) is 13.1. The molecule has 4 amide bonds. The average molecular weight is 590 g/mol. The third-order valence-corrected chi connectivity index (χ3v) is 9.03. The van der Waals surface area contributed by atoms with Crippen LogP contribution in [0.1, 0.15) is 56.0 Å². The van der Waals surface area contributed by atoms with E-state index in [-0.39, 0.29) is 51.0 Å². The van der Waals surface area contributed by atoms with Gasteiger partial charge in [0, 0.05) is 39.6 Å². The number of carbonyl (C=O) groups is 4. The number of nitrogens with zero attached hydrogens (tertiary/aromatic N) is 3. The maximum atomic E-state index is 13.3. The Morgan fingerprint density at radius 2 is 1.85 bits per heavy atom. The highest BCUT2D eigenvalue weighted by Gasteiger charge is 2.43. The van der Waals surface area contributed by atoms with Crippen LogP contribution >= 0.6 is 0 Å². The Morgan fingerprint density at radius 3 is 2.54 bits per heavy atom. The molecule has 0 bridgehead atoms. The number of imide groups is 1. The van der Waals surface area contributed by atoms with E-state index in [0.29, 0.717) is 24.3 Å². The Bertz CT molecular complexity index is 1180. The summed E-state index contributed by atoms with van der Waals surface area (Å²) < 4.78 is 17.3. The predicted octanol–water partition coefficient (Wildman–Crippen LogP) is 3.22. The number of benzene rings is 1. The van der Waals surface area contributed by atoms with Crippen LogP contribution in [0.3, 0.4) is 0 Å². The summed E-state index contributed by atoms with van der Waals surface area (Å²) in [5.74, 6) is -0.452. The van der Waals surface area contributed by atoms with Crippen LogP contribution in [0.4, 0.5) is 4.79 Å². The minimum absolute atomic E-state index is 0.0980. The molecular weight excluding hydrogens is 546 g/mol. The number of aliphatic hydroxyl groups excluding tert-OH is 1. The number of hydrogen-bond acceptors (Lipinski definition) is 8. The normalized spacial score (nSPS) is 23.6. The van der Waals surface area contributed by atoms with Gasteiger partial charge in [-0.25, -0.2) is 4.79 Å². The first-order valence-electron chi connectivity index (χ1n) is 14.3. The summed E-state index contributed by atoms with van der Waals surface area (Å²) in [5, 5.41) is 10.4. The van der Waals surface area contributed by atoms with E-state index in [0.717, 1.165) is 16.5 Å². The number of likely N-dealkylation sites (tertiary alicyclic amines) is 2. The van der Waals surface area contributed by atoms with Gasteiger partial charge in [-0.05, 0) is 57.0 Å². The third kappa shape index (κ3) is 7.86. The number of amides is 4. The molecule has 1 N–H and O–H groups in total. The van der Waals surface area contributed by atoms with Crippen molar-refractivity contribution in [2.24, 2.45) is 0 Å². The van der Waals surface area contributed by atoms with E-state index in [9.17, 15) is 24.3 Å². The number of carbonyl (C=O) groups excluding carboxylic acids is 4. The van der Waals surface area contributed by atoms with Crippen molar-refractivity contribution in [3.05, 3.63) is 29.3 Å². The second-order valence-corrected chi connectivity index (χ2v) is 19.0. The fourth-order valence-corrected chi connectivity index (χ4v) is 5.96. The van der Waals surface area contributed by atoms with E-state index in [1.807, 2.05) is 0 Å². The summed E-state index contributed by atoms with van der Waals surface area (Å²) in [4.78, 5) is 55.7. The highest BCUT2D eigenvalue weighted by atomic mass is 28.3. The zero-order valence-electron chi connectivity index (χ0n) is 25.0. The third-order valence-electron chi connectivity index (χ3n) is 7.33. The van der Waals surface area contributed by atoms with Crippen LogP contribution in [0.2, 0.25) is 25.7 Å². The lowest BCUT2D eigenvalue weighted by molar-refractivity contribution is -0.158. The number of β-amino-alcohol motifs (C(OH)–C–C–N with tert-alkyl or cyclic N) is 1. The summed E-state index contributed by atoms with van der Waals surface area (Å²) in [6, 6.07) is 5.31. The van der Waals surface area contributed by atoms with Gasteiger partial charge in [-0.15, -0.1) is 0 Å². The smallest absolute Gasteiger partial charge is 0.410 e. The largest absolute Gasteiger partial charge is 0.488 e. The zero-order chi connectivity index (χ0) is 30.1. The molecule has 2 fully saturated rings. The fourth-order valence-electron chi connectivity index (χ4n) is 5.21. The van der Waals surface area contributed by atoms with E-state index < -0.39 is 43.9 Å². The Morgan fingerprint density at radius 1 is 1.12 bits per heavy atom. The molecule has 2 saturated heterocycles. The molecule has 0 unspecified atom stereocenters. The average Bonchev–Trinajstić information content (AvgIpc) is 3.16. The van der Waals surface area contributed by atoms with Gasteiger partial charge in [0.15, 0.2) is 0 Å². The first-order chi connectivity index (χ1) is 19.1. The van der Waals surface area contributed by atoms with E-state index in [1.54, 1.807) is 39.0 Å². The van der Waals surface area contributed by atoms with Gasteiger partial charge in [0.05, 0.1) is 19.2 Å². The van der Waals surface area contributed by atoms with Gasteiger partial charge in [-0.2, -0.15) is 0 Å². The van der Waals surface area contributed by atoms with Crippen LogP contribution < -0.4 is 4.74 Å². The first-order valence-corrected chi connectivity index (χ1v) is 18.0. The summed E-state index contributed by atoms with van der Waals surface area (Å²) in [5.41, 5.74) is 0.549. The van der Waals surface area contributed by atoms with E-state index in [4.69, 9.17) is 14.2 Å². The fraction of sp³-hybridized carbons (Fsp3) is 0.655. The van der Waals surface area contributed by atoms with Gasteiger partial charge in [-0.3, -0.25) is 19.3 Å². The number of hydrogen-bond donors (Lipinski definition) is 1. The molecule has 0 spiro atoms. The van der Waals surface area contributed by atoms with Crippen LogP contribution in [0, 0.1) is 0 Å². The number of rotatable bonds is 8. The maximum Gasteiger partial charge on any atom is 0.410 e. The van der Waals surface area contributed by atoms with Crippen molar-refractivity contribution in [1.29, 1.82) is 0 Å². The molecule has 0 aromatic heterocycles. The molecule has 1 aromatic carbocycles. The number of fused-ring (bicyclic) bond motifs is 1. The number of piperidine rings is 2. The van der Waals surface area contributed by atoms with Crippen molar-refractivity contribution in [1.82, 2.24) is 14.7 Å². The molecule has 226 valence electrons. The molecular formula is C29H43N3O8Si. The van der Waals surface area contributed by atoms with Gasteiger partial charge in [0.25, 0.3) is 11.8 Å². The predicted molar refractivity (Wildman–Crippen MR) is 153 cm³/mol. The van der Waals surface area contributed by atoms with Crippen molar-refractivity contribution < 1.29 is 38.5 Å². The highest BCUT2D eigenvalue weighted by molar-refractivity contribution is 6.76. The second-order valence-electron chi connectivity index (χ2n) is 13.3. The lowest BCUT2D eigenvalue weighted by Gasteiger charge is -2.36. The number of ether oxygens (including phenoxy) is 3. The molecule has 12 heteroatoms. The maximum absolute atomic E-state index is 13.3. The highest BCUT2D eigenvalue weighted by Crippen LogP contribution is 2.32. The molecule has 3 atom stereocenters. The Balaban J connectivity index is 1.39. The van der Waals surface area contributed by atoms with Crippen molar-refractivity contribution in [3.63, 3.8) is 0 Å². The van der Waals surface area contributed by atoms with Crippen molar-refractivity contribution in [2.45, 2.75) is 96.1 Å².